The molecule has 28 heavy (non-hydrogen) atoms. The van der Waals surface area contributed by atoms with Gasteiger partial charge in [-0.2, -0.15) is 0 Å². The molecule has 1 aromatic rings. The molecule has 154 valence electrons. The Bertz CT molecular complexity index is 790. The minimum absolute atomic E-state index is 0.0680. The van der Waals surface area contributed by atoms with Crippen LogP contribution >= 0.6 is 11.3 Å². The Labute approximate surface area is 175 Å². The molecule has 0 bridgehead atoms. The lowest BCUT2D eigenvalue weighted by Gasteiger charge is -2.29. The molecular weight excluding hydrogens is 366 g/mol. The summed E-state index contributed by atoms with van der Waals surface area (Å²) in [6, 6.07) is 2.82. The summed E-state index contributed by atoms with van der Waals surface area (Å²) in [5.74, 6) is 0.790. The van der Waals surface area contributed by atoms with Crippen molar-refractivity contribution in [3.05, 3.63) is 58.2 Å². The fraction of sp³-hybridized carbons (Fsp3) is 0.478. The fourth-order valence-corrected chi connectivity index (χ4v) is 4.36. The molecule has 0 radical (unpaired) electrons. The third kappa shape index (κ3) is 4.36. The second-order valence-corrected chi connectivity index (χ2v) is 8.18. The number of hydrogen-bond acceptors (Lipinski definition) is 5. The van der Waals surface area contributed by atoms with Gasteiger partial charge in [-0.05, 0) is 32.9 Å². The van der Waals surface area contributed by atoms with Crippen LogP contribution in [0.5, 0.6) is 0 Å². The van der Waals surface area contributed by atoms with Crippen LogP contribution in [0, 0.1) is 6.92 Å². The van der Waals surface area contributed by atoms with Crippen LogP contribution in [0.25, 0.3) is 11.3 Å². The minimum Gasteiger partial charge on any atom is -0.497 e. The summed E-state index contributed by atoms with van der Waals surface area (Å²) in [5.41, 5.74) is 3.76. The quantitative estimate of drug-likeness (QED) is 0.618. The summed E-state index contributed by atoms with van der Waals surface area (Å²) < 4.78 is 5.65. The molecule has 2 aliphatic rings. The maximum Gasteiger partial charge on any atom is 0.112 e. The normalized spacial score (nSPS) is 21.9. The first kappa shape index (κ1) is 22.3. The highest BCUT2D eigenvalue weighted by atomic mass is 32.1. The largest absolute Gasteiger partial charge is 0.497 e. The van der Waals surface area contributed by atoms with Crippen LogP contribution in [0.3, 0.4) is 0 Å². The van der Waals surface area contributed by atoms with Crippen molar-refractivity contribution in [1.82, 2.24) is 14.9 Å². The van der Waals surface area contributed by atoms with Gasteiger partial charge in [-0.15, -0.1) is 11.3 Å². The number of allylic oxidation sites excluding steroid dienone is 2. The first-order chi connectivity index (χ1) is 13.3. The summed E-state index contributed by atoms with van der Waals surface area (Å²) in [6.45, 7) is 15.1. The zero-order chi connectivity index (χ0) is 21.0. The van der Waals surface area contributed by atoms with E-state index in [1.165, 1.54) is 26.6 Å². The smallest absolute Gasteiger partial charge is 0.112 e. The van der Waals surface area contributed by atoms with E-state index < -0.39 is 0 Å². The lowest BCUT2D eigenvalue weighted by molar-refractivity contribution is 0.0653. The van der Waals surface area contributed by atoms with Gasteiger partial charge >= 0.3 is 0 Å². The number of hydrogen-bond donors (Lipinski definition) is 0. The van der Waals surface area contributed by atoms with Gasteiger partial charge in [-0.1, -0.05) is 32.6 Å². The van der Waals surface area contributed by atoms with E-state index in [1.54, 1.807) is 0 Å². The van der Waals surface area contributed by atoms with Crippen molar-refractivity contribution in [2.24, 2.45) is 0 Å². The number of nitrogens with zero attached hydrogens (tertiary/aromatic N) is 3. The third-order valence-electron chi connectivity index (χ3n) is 5.22. The summed E-state index contributed by atoms with van der Waals surface area (Å²) in [6.07, 6.45) is 8.97. The van der Waals surface area contributed by atoms with E-state index in [2.05, 4.69) is 87.0 Å². The number of ether oxygens (including phenoxy) is 1. The monoisotopic (exact) mass is 401 g/mol. The number of rotatable bonds is 5. The highest BCUT2D eigenvalue weighted by Gasteiger charge is 2.31. The molecule has 0 saturated carbocycles. The molecule has 0 fully saturated rings. The lowest BCUT2D eigenvalue weighted by atomic mass is 10.1. The molecule has 0 amide bonds. The van der Waals surface area contributed by atoms with Crippen molar-refractivity contribution < 1.29 is 4.74 Å². The molecule has 0 aliphatic carbocycles. The van der Waals surface area contributed by atoms with Crippen molar-refractivity contribution in [1.29, 1.82) is 0 Å². The van der Waals surface area contributed by atoms with Gasteiger partial charge in [0.25, 0.3) is 0 Å². The van der Waals surface area contributed by atoms with Gasteiger partial charge in [0.05, 0.1) is 12.3 Å². The van der Waals surface area contributed by atoms with Gasteiger partial charge < -0.3 is 14.6 Å². The standard InChI is InChI=1S/C21H29N3OS.C2H6/c1-8-25-15(3)19-12-20(24(7)23(19)6)18-11-21(26-16(18)4)17-10-9-14(2)22(5)13-17;1-2/h9-14,19H,3,8H2,1-2,4-7H3;1-2H3. The molecule has 2 unspecified atom stereocenters. The highest BCUT2D eigenvalue weighted by Crippen LogP contribution is 2.38. The second-order valence-electron chi connectivity index (χ2n) is 6.92. The fourth-order valence-electron chi connectivity index (χ4n) is 3.34. The van der Waals surface area contributed by atoms with Crippen LogP contribution in [0.2, 0.25) is 0 Å². The number of aryl methyl sites for hydroxylation is 1. The Balaban J connectivity index is 0.00000136. The second kappa shape index (κ2) is 9.48. The summed E-state index contributed by atoms with van der Waals surface area (Å²) in [4.78, 5) is 4.88. The van der Waals surface area contributed by atoms with E-state index in [0.717, 1.165) is 5.76 Å². The Morgan fingerprint density at radius 1 is 1.25 bits per heavy atom. The summed E-state index contributed by atoms with van der Waals surface area (Å²) >= 11 is 1.85. The molecule has 5 heteroatoms. The van der Waals surface area contributed by atoms with Gasteiger partial charge in [0, 0.05) is 54.3 Å². The summed E-state index contributed by atoms with van der Waals surface area (Å²) in [7, 11) is 6.29. The molecule has 3 rings (SSSR count). The molecule has 0 saturated heterocycles. The molecule has 0 spiro atoms. The first-order valence-corrected chi connectivity index (χ1v) is 10.9. The maximum absolute atomic E-state index is 5.65. The Hall–Kier alpha value is -1.98. The third-order valence-corrected chi connectivity index (χ3v) is 6.32. The van der Waals surface area contributed by atoms with Gasteiger partial charge in [-0.25, -0.2) is 5.01 Å². The molecule has 2 aliphatic heterocycles. The molecule has 3 heterocycles. The van der Waals surface area contributed by atoms with E-state index >= 15 is 0 Å². The van der Waals surface area contributed by atoms with Crippen molar-refractivity contribution in [2.75, 3.05) is 27.7 Å². The first-order valence-electron chi connectivity index (χ1n) is 10.1. The van der Waals surface area contributed by atoms with Crippen molar-refractivity contribution >= 4 is 22.6 Å². The zero-order valence-electron chi connectivity index (χ0n) is 18.6. The molecular formula is C23H35N3OS. The van der Waals surface area contributed by atoms with Crippen LogP contribution in [0.15, 0.2) is 42.8 Å². The van der Waals surface area contributed by atoms with Crippen molar-refractivity contribution in [2.45, 2.75) is 46.7 Å². The van der Waals surface area contributed by atoms with Gasteiger partial charge in [0.2, 0.25) is 0 Å². The maximum atomic E-state index is 5.65. The van der Waals surface area contributed by atoms with E-state index in [0.29, 0.717) is 12.6 Å². The van der Waals surface area contributed by atoms with Crippen LogP contribution in [-0.4, -0.2) is 54.8 Å². The summed E-state index contributed by atoms with van der Waals surface area (Å²) in [5, 5.41) is 4.35. The minimum atomic E-state index is 0.0680. The zero-order valence-corrected chi connectivity index (χ0v) is 19.4. The Morgan fingerprint density at radius 2 is 1.93 bits per heavy atom. The lowest BCUT2D eigenvalue weighted by Crippen LogP contribution is -2.37. The Kier molecular flexibility index (Phi) is 7.55. The van der Waals surface area contributed by atoms with Crippen LogP contribution in [0.4, 0.5) is 0 Å². The Morgan fingerprint density at radius 3 is 2.54 bits per heavy atom. The van der Waals surface area contributed by atoms with Crippen molar-refractivity contribution in [3.8, 4) is 0 Å². The van der Waals surface area contributed by atoms with E-state index in [1.807, 2.05) is 32.1 Å². The van der Waals surface area contributed by atoms with Crippen LogP contribution in [-0.2, 0) is 4.74 Å². The van der Waals surface area contributed by atoms with Crippen LogP contribution < -0.4 is 0 Å². The van der Waals surface area contributed by atoms with Crippen molar-refractivity contribution in [3.63, 3.8) is 0 Å². The van der Waals surface area contributed by atoms with Gasteiger partial charge in [0.15, 0.2) is 0 Å². The molecule has 0 aromatic carbocycles. The SMILES string of the molecule is C=C(OCC)C1C=C(c2cc(C3=CN(C)C(C)C=C3)sc2C)N(C)N1C.CC. The van der Waals surface area contributed by atoms with Gasteiger partial charge in [-0.3, -0.25) is 0 Å². The molecule has 4 nitrogen and oxygen atoms in total. The molecule has 2 atom stereocenters. The van der Waals surface area contributed by atoms with E-state index in [4.69, 9.17) is 4.74 Å². The predicted molar refractivity (Wildman–Crippen MR) is 123 cm³/mol. The number of likely N-dealkylation sites (N-methyl/N-ethyl adjacent to an activating group) is 2. The number of thiophene rings is 1. The predicted octanol–water partition coefficient (Wildman–Crippen LogP) is 5.37. The topological polar surface area (TPSA) is 19.0 Å². The van der Waals surface area contributed by atoms with Gasteiger partial charge in [0.1, 0.15) is 11.8 Å². The highest BCUT2D eigenvalue weighted by molar-refractivity contribution is 7.13. The molecule has 0 N–H and O–H groups in total. The van der Waals surface area contributed by atoms with E-state index in [9.17, 15) is 0 Å². The van der Waals surface area contributed by atoms with E-state index in [-0.39, 0.29) is 6.04 Å². The number of hydrazine groups is 1. The average molecular weight is 402 g/mol. The average Bonchev–Trinajstić information content (AvgIpc) is 3.20. The van der Waals surface area contributed by atoms with Crippen LogP contribution in [0.1, 0.15) is 43.0 Å². The molecule has 1 aromatic heterocycles.